The Kier molecular flexibility index (Phi) is 3.03. The van der Waals surface area contributed by atoms with Crippen molar-refractivity contribution in [2.24, 2.45) is 5.92 Å². The van der Waals surface area contributed by atoms with Gasteiger partial charge in [-0.15, -0.1) is 0 Å². The van der Waals surface area contributed by atoms with Gasteiger partial charge in [0.15, 0.2) is 6.29 Å². The lowest BCUT2D eigenvalue weighted by Gasteiger charge is -2.38. The van der Waals surface area contributed by atoms with E-state index in [1.807, 2.05) is 0 Å². The highest BCUT2D eigenvalue weighted by Gasteiger charge is 2.40. The molecule has 0 radical (unpaired) electrons. The van der Waals surface area contributed by atoms with Gasteiger partial charge in [0, 0.05) is 5.92 Å². The van der Waals surface area contributed by atoms with Crippen molar-refractivity contribution in [3.63, 3.8) is 0 Å². The average Bonchev–Trinajstić information content (AvgIpc) is 2.08. The molecule has 0 aromatic heterocycles. The third-order valence-corrected chi connectivity index (χ3v) is 2.21. The molecule has 1 fully saturated rings. The van der Waals surface area contributed by atoms with E-state index in [0.29, 0.717) is 0 Å². The van der Waals surface area contributed by atoms with Crippen LogP contribution >= 0.6 is 0 Å². The summed E-state index contributed by atoms with van der Waals surface area (Å²) in [6, 6.07) is 0. The molecule has 3 unspecified atom stereocenters. The van der Waals surface area contributed by atoms with Crippen LogP contribution in [0.4, 0.5) is 0 Å². The van der Waals surface area contributed by atoms with Gasteiger partial charge in [-0.3, -0.25) is 0 Å². The zero-order valence-corrected chi connectivity index (χ0v) is 6.79. The van der Waals surface area contributed by atoms with Gasteiger partial charge in [0.2, 0.25) is 0 Å². The number of aliphatic hydroxyl groups excluding tert-OH is 4. The highest BCUT2D eigenvalue weighted by Crippen LogP contribution is 2.23. The Morgan fingerprint density at radius 3 is 2.25 bits per heavy atom. The van der Waals surface area contributed by atoms with Gasteiger partial charge >= 0.3 is 0 Å². The molecule has 12 heavy (non-hydrogen) atoms. The lowest BCUT2D eigenvalue weighted by Crippen LogP contribution is -2.54. The van der Waals surface area contributed by atoms with E-state index in [1.165, 1.54) is 0 Å². The van der Waals surface area contributed by atoms with Crippen LogP contribution < -0.4 is 0 Å². The minimum atomic E-state index is -1.13. The molecule has 1 aliphatic heterocycles. The van der Waals surface area contributed by atoms with Crippen LogP contribution in [-0.2, 0) is 4.74 Å². The average molecular weight is 178 g/mol. The van der Waals surface area contributed by atoms with E-state index in [1.54, 1.807) is 6.92 Å². The molecule has 0 aliphatic carbocycles. The molecule has 0 saturated carbocycles. The van der Waals surface area contributed by atoms with Gasteiger partial charge in [-0.2, -0.15) is 0 Å². The van der Waals surface area contributed by atoms with E-state index in [2.05, 4.69) is 0 Å². The van der Waals surface area contributed by atoms with Crippen molar-refractivity contribution in [1.82, 2.24) is 0 Å². The fourth-order valence-corrected chi connectivity index (χ4v) is 1.23. The summed E-state index contributed by atoms with van der Waals surface area (Å²) in [5.41, 5.74) is 0. The predicted octanol–water partition coefficient (Wildman–Crippen LogP) is -1.95. The largest absolute Gasteiger partial charge is 0.394 e. The van der Waals surface area contributed by atoms with Crippen LogP contribution in [0.15, 0.2) is 0 Å². The van der Waals surface area contributed by atoms with Crippen molar-refractivity contribution in [3.05, 3.63) is 0 Å². The molecule has 1 saturated heterocycles. The van der Waals surface area contributed by atoms with E-state index < -0.39 is 37.1 Å². The number of ether oxygens (including phenoxy) is 1. The van der Waals surface area contributed by atoms with Crippen molar-refractivity contribution < 1.29 is 25.2 Å². The van der Waals surface area contributed by atoms with Crippen LogP contribution in [0.5, 0.6) is 0 Å². The van der Waals surface area contributed by atoms with Crippen LogP contribution in [0.25, 0.3) is 0 Å². The predicted molar refractivity (Wildman–Crippen MR) is 39.1 cm³/mol. The van der Waals surface area contributed by atoms with Crippen LogP contribution in [0.3, 0.4) is 0 Å². The molecule has 0 aromatic rings. The molecule has 0 amide bonds. The second kappa shape index (κ2) is 3.68. The quantitative estimate of drug-likeness (QED) is 0.375. The second-order valence-corrected chi connectivity index (χ2v) is 3.09. The third kappa shape index (κ3) is 1.60. The Hall–Kier alpha value is -0.200. The summed E-state index contributed by atoms with van der Waals surface area (Å²) < 4.78 is 4.83. The SMILES string of the molecule is C[C@@H]1C(O)OC(CO)[C@H](O)C1O. The van der Waals surface area contributed by atoms with Crippen molar-refractivity contribution in [3.8, 4) is 0 Å². The fraction of sp³-hybridized carbons (Fsp3) is 1.00. The number of aliphatic hydroxyl groups is 4. The second-order valence-electron chi connectivity index (χ2n) is 3.09. The summed E-state index contributed by atoms with van der Waals surface area (Å²) in [5.74, 6) is -0.539. The molecular formula is C7H14O5. The monoisotopic (exact) mass is 178 g/mol. The first-order valence-electron chi connectivity index (χ1n) is 3.88. The number of rotatable bonds is 1. The van der Waals surface area contributed by atoms with Crippen molar-refractivity contribution in [2.75, 3.05) is 6.61 Å². The Labute approximate surface area is 70.2 Å². The Balaban J connectivity index is 2.63. The molecule has 0 aromatic carbocycles. The van der Waals surface area contributed by atoms with Crippen molar-refractivity contribution in [2.45, 2.75) is 31.5 Å². The highest BCUT2D eigenvalue weighted by molar-refractivity contribution is 4.86. The molecule has 0 bridgehead atoms. The molecule has 5 atom stereocenters. The van der Waals surface area contributed by atoms with Crippen LogP contribution in [-0.4, -0.2) is 51.6 Å². The number of hydrogen-bond acceptors (Lipinski definition) is 5. The van der Waals surface area contributed by atoms with Gasteiger partial charge < -0.3 is 25.2 Å². The molecule has 1 rings (SSSR count). The molecule has 0 spiro atoms. The summed E-state index contributed by atoms with van der Waals surface area (Å²) >= 11 is 0. The van der Waals surface area contributed by atoms with Crippen molar-refractivity contribution >= 4 is 0 Å². The molecular weight excluding hydrogens is 164 g/mol. The van der Waals surface area contributed by atoms with E-state index in [0.717, 1.165) is 0 Å². The molecule has 72 valence electrons. The van der Waals surface area contributed by atoms with Crippen molar-refractivity contribution in [1.29, 1.82) is 0 Å². The van der Waals surface area contributed by atoms with Gasteiger partial charge in [-0.05, 0) is 0 Å². The Morgan fingerprint density at radius 1 is 1.17 bits per heavy atom. The lowest BCUT2D eigenvalue weighted by molar-refractivity contribution is -0.266. The van der Waals surface area contributed by atoms with E-state index in [9.17, 15) is 10.2 Å². The maximum absolute atomic E-state index is 9.32. The Bertz CT molecular complexity index is 146. The van der Waals surface area contributed by atoms with Gasteiger partial charge in [0.05, 0.1) is 12.7 Å². The van der Waals surface area contributed by atoms with E-state index in [-0.39, 0.29) is 0 Å². The Morgan fingerprint density at radius 2 is 1.75 bits per heavy atom. The number of hydrogen-bond donors (Lipinski definition) is 4. The standard InChI is InChI=1S/C7H14O5/c1-3-5(9)6(10)4(2-8)12-7(3)11/h3-11H,2H2,1H3/t3-,4?,5?,6-,7?/m0/s1. The first-order chi connectivity index (χ1) is 5.57. The summed E-state index contributed by atoms with van der Waals surface area (Å²) in [6.45, 7) is 1.15. The van der Waals surface area contributed by atoms with Gasteiger partial charge in [-0.1, -0.05) is 6.92 Å². The fourth-order valence-electron chi connectivity index (χ4n) is 1.23. The normalized spacial score (nSPS) is 49.2. The highest BCUT2D eigenvalue weighted by atomic mass is 16.6. The minimum absolute atomic E-state index is 0.415. The molecule has 1 heterocycles. The van der Waals surface area contributed by atoms with Crippen LogP contribution in [0.2, 0.25) is 0 Å². The maximum atomic E-state index is 9.32. The zero-order chi connectivity index (χ0) is 9.30. The van der Waals surface area contributed by atoms with E-state index in [4.69, 9.17) is 14.9 Å². The van der Waals surface area contributed by atoms with Gasteiger partial charge in [0.1, 0.15) is 12.2 Å². The smallest absolute Gasteiger partial charge is 0.160 e. The summed E-state index contributed by atoms with van der Waals surface area (Å²) in [7, 11) is 0. The van der Waals surface area contributed by atoms with Gasteiger partial charge in [-0.25, -0.2) is 0 Å². The van der Waals surface area contributed by atoms with Gasteiger partial charge in [0.25, 0.3) is 0 Å². The molecule has 4 N–H and O–H groups in total. The zero-order valence-electron chi connectivity index (χ0n) is 6.79. The third-order valence-electron chi connectivity index (χ3n) is 2.21. The maximum Gasteiger partial charge on any atom is 0.160 e. The topological polar surface area (TPSA) is 90.2 Å². The summed E-state index contributed by atoms with van der Waals surface area (Å²) in [6.07, 6.45) is -4.20. The van der Waals surface area contributed by atoms with E-state index >= 15 is 0 Å². The first-order valence-corrected chi connectivity index (χ1v) is 3.88. The van der Waals surface area contributed by atoms with Crippen LogP contribution in [0.1, 0.15) is 6.92 Å². The lowest BCUT2D eigenvalue weighted by atomic mass is 9.93. The first kappa shape index (κ1) is 9.88. The molecule has 5 nitrogen and oxygen atoms in total. The molecule has 1 aliphatic rings. The summed E-state index contributed by atoms with van der Waals surface area (Å²) in [5, 5.41) is 36.4. The minimum Gasteiger partial charge on any atom is -0.394 e. The molecule has 5 heteroatoms. The summed E-state index contributed by atoms with van der Waals surface area (Å²) in [4.78, 5) is 0. The van der Waals surface area contributed by atoms with Crippen LogP contribution in [0, 0.1) is 5.92 Å².